The first-order chi connectivity index (χ1) is 7.77. The Morgan fingerprint density at radius 3 is 2.88 bits per heavy atom. The predicted octanol–water partition coefficient (Wildman–Crippen LogP) is 0.229. The lowest BCUT2D eigenvalue weighted by atomic mass is 10.4. The van der Waals surface area contributed by atoms with Crippen LogP contribution in [0.4, 0.5) is 0 Å². The van der Waals surface area contributed by atoms with Gasteiger partial charge in [0.05, 0.1) is 13.2 Å². The zero-order valence-electron chi connectivity index (χ0n) is 8.93. The highest BCUT2D eigenvalue weighted by Crippen LogP contribution is 1.98. The number of ether oxygens (including phenoxy) is 1. The van der Waals surface area contributed by atoms with Gasteiger partial charge in [-0.1, -0.05) is 11.6 Å². The van der Waals surface area contributed by atoms with Crippen molar-refractivity contribution in [2.24, 2.45) is 0 Å². The zero-order chi connectivity index (χ0) is 11.4. The fourth-order valence-corrected chi connectivity index (χ4v) is 1.84. The maximum atomic E-state index is 11.6. The fraction of sp³-hybridized carbons (Fsp3) is 0.600. The lowest BCUT2D eigenvalue weighted by molar-refractivity contribution is 0.0362. The van der Waals surface area contributed by atoms with E-state index in [0.717, 1.165) is 32.8 Å². The number of rotatable bonds is 3. The van der Waals surface area contributed by atoms with Crippen molar-refractivity contribution in [2.75, 3.05) is 32.8 Å². The molecule has 0 radical (unpaired) electrons. The van der Waals surface area contributed by atoms with Crippen LogP contribution >= 0.6 is 11.6 Å². The van der Waals surface area contributed by atoms with Gasteiger partial charge in [0.15, 0.2) is 5.15 Å². The molecule has 1 aromatic heterocycles. The van der Waals surface area contributed by atoms with E-state index in [1.165, 1.54) is 0 Å². The van der Waals surface area contributed by atoms with Crippen LogP contribution < -0.4 is 5.56 Å². The molecule has 1 aliphatic rings. The van der Waals surface area contributed by atoms with Crippen molar-refractivity contribution in [3.63, 3.8) is 0 Å². The van der Waals surface area contributed by atoms with Crippen LogP contribution in [0, 0.1) is 0 Å². The molecule has 0 atom stereocenters. The highest BCUT2D eigenvalue weighted by atomic mass is 35.5. The highest BCUT2D eigenvalue weighted by Gasteiger charge is 2.10. The molecule has 88 valence electrons. The lowest BCUT2D eigenvalue weighted by Gasteiger charge is -2.26. The molecule has 16 heavy (non-hydrogen) atoms. The largest absolute Gasteiger partial charge is 0.379 e. The minimum Gasteiger partial charge on any atom is -0.379 e. The number of nitrogens with zero attached hydrogens (tertiary/aromatic N) is 3. The summed E-state index contributed by atoms with van der Waals surface area (Å²) in [6.45, 7) is 4.86. The summed E-state index contributed by atoms with van der Waals surface area (Å²) in [6.07, 6.45) is 3.21. The molecule has 0 aliphatic carbocycles. The third-order valence-corrected chi connectivity index (χ3v) is 2.89. The topological polar surface area (TPSA) is 47.4 Å². The van der Waals surface area contributed by atoms with E-state index in [-0.39, 0.29) is 10.7 Å². The summed E-state index contributed by atoms with van der Waals surface area (Å²) in [6, 6.07) is 0. The van der Waals surface area contributed by atoms with Crippen LogP contribution in [0.2, 0.25) is 5.15 Å². The summed E-state index contributed by atoms with van der Waals surface area (Å²) in [5, 5.41) is 0.0319. The molecule has 1 aromatic rings. The van der Waals surface area contributed by atoms with Crippen LogP contribution in [-0.4, -0.2) is 47.3 Å². The molecule has 0 saturated carbocycles. The number of halogens is 1. The van der Waals surface area contributed by atoms with E-state index in [1.54, 1.807) is 17.0 Å². The van der Waals surface area contributed by atoms with Gasteiger partial charge >= 0.3 is 0 Å². The molecule has 1 fully saturated rings. The molecule has 1 aliphatic heterocycles. The average molecular weight is 244 g/mol. The van der Waals surface area contributed by atoms with E-state index in [1.807, 2.05) is 0 Å². The van der Waals surface area contributed by atoms with Crippen LogP contribution in [0.15, 0.2) is 17.2 Å². The lowest BCUT2D eigenvalue weighted by Crippen LogP contribution is -2.39. The Balaban J connectivity index is 1.94. The summed E-state index contributed by atoms with van der Waals surface area (Å²) in [7, 11) is 0. The van der Waals surface area contributed by atoms with Crippen molar-refractivity contribution < 1.29 is 4.74 Å². The van der Waals surface area contributed by atoms with Crippen LogP contribution in [0.5, 0.6) is 0 Å². The standard InChI is InChI=1S/C10H14ClN3O2/c11-9-10(15)14(2-1-12-9)4-3-13-5-7-16-8-6-13/h1-2H,3-8H2. The van der Waals surface area contributed by atoms with Crippen LogP contribution in [0.1, 0.15) is 0 Å². The first kappa shape index (κ1) is 11.6. The number of aromatic nitrogens is 2. The Morgan fingerprint density at radius 1 is 1.38 bits per heavy atom. The Kier molecular flexibility index (Phi) is 3.93. The maximum Gasteiger partial charge on any atom is 0.288 e. The quantitative estimate of drug-likeness (QED) is 0.763. The van der Waals surface area contributed by atoms with Crippen molar-refractivity contribution in [1.82, 2.24) is 14.5 Å². The molecule has 0 aromatic carbocycles. The second-order valence-electron chi connectivity index (χ2n) is 3.67. The number of hydrogen-bond donors (Lipinski definition) is 0. The minimum absolute atomic E-state index is 0.0319. The van der Waals surface area contributed by atoms with Gasteiger partial charge in [-0.05, 0) is 0 Å². The molecule has 0 bridgehead atoms. The molecule has 0 amide bonds. The van der Waals surface area contributed by atoms with Crippen molar-refractivity contribution in [3.8, 4) is 0 Å². The minimum atomic E-state index is -0.225. The SMILES string of the molecule is O=c1c(Cl)nccn1CCN1CCOCC1. The normalized spacial score (nSPS) is 17.6. The molecule has 5 nitrogen and oxygen atoms in total. The first-order valence-corrected chi connectivity index (χ1v) is 5.66. The molecular weight excluding hydrogens is 230 g/mol. The summed E-state index contributed by atoms with van der Waals surface area (Å²) in [4.78, 5) is 17.6. The van der Waals surface area contributed by atoms with E-state index >= 15 is 0 Å². The molecule has 2 heterocycles. The van der Waals surface area contributed by atoms with Gasteiger partial charge in [0, 0.05) is 38.6 Å². The van der Waals surface area contributed by atoms with Crippen molar-refractivity contribution in [3.05, 3.63) is 27.9 Å². The van der Waals surface area contributed by atoms with Gasteiger partial charge in [-0.25, -0.2) is 4.98 Å². The Bertz CT molecular complexity index is 401. The Labute approximate surface area is 98.6 Å². The van der Waals surface area contributed by atoms with Gasteiger partial charge in [-0.15, -0.1) is 0 Å². The summed E-state index contributed by atoms with van der Waals surface area (Å²) in [5.74, 6) is 0. The van der Waals surface area contributed by atoms with E-state index in [4.69, 9.17) is 16.3 Å². The van der Waals surface area contributed by atoms with E-state index < -0.39 is 0 Å². The second kappa shape index (κ2) is 5.43. The van der Waals surface area contributed by atoms with E-state index in [0.29, 0.717) is 6.54 Å². The van der Waals surface area contributed by atoms with Crippen molar-refractivity contribution >= 4 is 11.6 Å². The Hall–Kier alpha value is -0.910. The molecule has 0 N–H and O–H groups in total. The van der Waals surface area contributed by atoms with Gasteiger partial charge in [0.25, 0.3) is 5.56 Å². The van der Waals surface area contributed by atoms with Crippen molar-refractivity contribution in [1.29, 1.82) is 0 Å². The zero-order valence-corrected chi connectivity index (χ0v) is 9.69. The van der Waals surface area contributed by atoms with E-state index in [9.17, 15) is 4.79 Å². The molecular formula is C10H14ClN3O2. The third-order valence-electron chi connectivity index (χ3n) is 2.63. The van der Waals surface area contributed by atoms with Crippen molar-refractivity contribution in [2.45, 2.75) is 6.54 Å². The summed E-state index contributed by atoms with van der Waals surface area (Å²) in [5.41, 5.74) is -0.225. The fourth-order valence-electron chi connectivity index (χ4n) is 1.67. The van der Waals surface area contributed by atoms with E-state index in [2.05, 4.69) is 9.88 Å². The number of morpholine rings is 1. The second-order valence-corrected chi connectivity index (χ2v) is 4.03. The maximum absolute atomic E-state index is 11.6. The summed E-state index contributed by atoms with van der Waals surface area (Å²) < 4.78 is 6.84. The smallest absolute Gasteiger partial charge is 0.288 e. The predicted molar refractivity (Wildman–Crippen MR) is 60.8 cm³/mol. The van der Waals surface area contributed by atoms with Gasteiger partial charge in [0.1, 0.15) is 0 Å². The van der Waals surface area contributed by atoms with Gasteiger partial charge in [-0.3, -0.25) is 9.69 Å². The molecule has 0 unspecified atom stereocenters. The van der Waals surface area contributed by atoms with Crippen LogP contribution in [-0.2, 0) is 11.3 Å². The highest BCUT2D eigenvalue weighted by molar-refractivity contribution is 6.29. The van der Waals surface area contributed by atoms with Crippen LogP contribution in [0.3, 0.4) is 0 Å². The molecule has 0 spiro atoms. The first-order valence-electron chi connectivity index (χ1n) is 5.28. The monoisotopic (exact) mass is 243 g/mol. The number of hydrogen-bond acceptors (Lipinski definition) is 4. The van der Waals surface area contributed by atoms with Gasteiger partial charge in [0.2, 0.25) is 0 Å². The summed E-state index contributed by atoms with van der Waals surface area (Å²) >= 11 is 5.66. The van der Waals surface area contributed by atoms with Gasteiger partial charge in [-0.2, -0.15) is 0 Å². The van der Waals surface area contributed by atoms with Crippen LogP contribution in [0.25, 0.3) is 0 Å². The molecule has 1 saturated heterocycles. The Morgan fingerprint density at radius 2 is 2.12 bits per heavy atom. The van der Waals surface area contributed by atoms with Gasteiger partial charge < -0.3 is 9.30 Å². The molecule has 2 rings (SSSR count). The average Bonchev–Trinajstić information content (AvgIpc) is 2.32. The molecule has 6 heteroatoms. The third kappa shape index (κ3) is 2.81.